The highest BCUT2D eigenvalue weighted by Gasteiger charge is 2.26. The van der Waals surface area contributed by atoms with E-state index in [0.717, 1.165) is 25.9 Å². The molecule has 0 aromatic carbocycles. The van der Waals surface area contributed by atoms with Crippen LogP contribution >= 0.6 is 12.4 Å². The second kappa shape index (κ2) is 8.32. The first-order chi connectivity index (χ1) is 8.78. The highest BCUT2D eigenvalue weighted by molar-refractivity contribution is 5.85. The van der Waals surface area contributed by atoms with Crippen LogP contribution in [-0.2, 0) is 9.53 Å². The third-order valence-electron chi connectivity index (χ3n) is 2.88. The van der Waals surface area contributed by atoms with E-state index in [1.807, 2.05) is 0 Å². The van der Waals surface area contributed by atoms with Crippen molar-refractivity contribution in [1.82, 2.24) is 10.2 Å². The van der Waals surface area contributed by atoms with E-state index in [9.17, 15) is 9.59 Å². The van der Waals surface area contributed by atoms with Gasteiger partial charge in [-0.3, -0.25) is 0 Å². The van der Waals surface area contributed by atoms with Crippen molar-refractivity contribution >= 4 is 24.5 Å². The van der Waals surface area contributed by atoms with Gasteiger partial charge in [-0.05, 0) is 46.7 Å². The van der Waals surface area contributed by atoms with E-state index in [0.29, 0.717) is 6.54 Å². The lowest BCUT2D eigenvalue weighted by Gasteiger charge is -2.29. The van der Waals surface area contributed by atoms with Gasteiger partial charge in [0.1, 0.15) is 11.6 Å². The average molecular weight is 309 g/mol. The Hall–Kier alpha value is -1.01. The molecule has 1 unspecified atom stereocenters. The summed E-state index contributed by atoms with van der Waals surface area (Å²) in [6.07, 6.45) is 2.67. The molecule has 0 saturated carbocycles. The Morgan fingerprint density at radius 2 is 1.80 bits per heavy atom. The van der Waals surface area contributed by atoms with Crippen LogP contribution in [0.5, 0.6) is 0 Å². The summed E-state index contributed by atoms with van der Waals surface area (Å²) in [5.41, 5.74) is -0.627. The molecule has 1 saturated heterocycles. The molecular formula is C13H25ClN2O4. The van der Waals surface area contributed by atoms with Crippen molar-refractivity contribution in [3.63, 3.8) is 0 Å². The fourth-order valence-corrected chi connectivity index (χ4v) is 2.04. The molecule has 0 spiro atoms. The quantitative estimate of drug-likeness (QED) is 0.829. The van der Waals surface area contributed by atoms with E-state index in [1.54, 1.807) is 20.8 Å². The third-order valence-corrected chi connectivity index (χ3v) is 2.88. The van der Waals surface area contributed by atoms with E-state index in [2.05, 4.69) is 10.2 Å². The molecule has 1 aliphatic heterocycles. The number of carboxylic acid groups (broad SMARTS) is 1. The lowest BCUT2D eigenvalue weighted by atomic mass is 10.1. The summed E-state index contributed by atoms with van der Waals surface area (Å²) in [6, 6.07) is -0.923. The Morgan fingerprint density at radius 3 is 2.25 bits per heavy atom. The molecular weight excluding hydrogens is 284 g/mol. The minimum atomic E-state index is -1.03. The number of ether oxygens (including phenoxy) is 1. The Bertz CT molecular complexity index is 325. The summed E-state index contributed by atoms with van der Waals surface area (Å²) < 4.78 is 5.08. The summed E-state index contributed by atoms with van der Waals surface area (Å²) in [5, 5.41) is 11.6. The van der Waals surface area contributed by atoms with Gasteiger partial charge in [-0.15, -0.1) is 12.4 Å². The molecule has 0 bridgehead atoms. The zero-order chi connectivity index (χ0) is 14.5. The van der Waals surface area contributed by atoms with Gasteiger partial charge in [0.25, 0.3) is 0 Å². The highest BCUT2D eigenvalue weighted by Crippen LogP contribution is 2.10. The molecule has 2 N–H and O–H groups in total. The van der Waals surface area contributed by atoms with E-state index >= 15 is 0 Å². The number of hydrogen-bond donors (Lipinski definition) is 2. The maximum atomic E-state index is 11.6. The summed E-state index contributed by atoms with van der Waals surface area (Å²) in [4.78, 5) is 24.8. The van der Waals surface area contributed by atoms with Crippen LogP contribution < -0.4 is 5.32 Å². The molecule has 1 heterocycles. The maximum absolute atomic E-state index is 11.6. The largest absolute Gasteiger partial charge is 0.480 e. The standard InChI is InChI=1S/C13H24N2O4.ClH/c1-13(2,3)19-12(18)14-10(11(16)17)9-15-7-5-4-6-8-15;/h10H,4-9H2,1-3H3,(H,14,18)(H,16,17);1H. The van der Waals surface area contributed by atoms with Crippen LogP contribution in [0.2, 0.25) is 0 Å². The Labute approximate surface area is 126 Å². The molecule has 1 amide bonds. The molecule has 20 heavy (non-hydrogen) atoms. The first kappa shape index (κ1) is 19.0. The second-order valence-electron chi connectivity index (χ2n) is 5.90. The van der Waals surface area contributed by atoms with Crippen molar-refractivity contribution in [2.45, 2.75) is 51.7 Å². The Morgan fingerprint density at radius 1 is 1.25 bits per heavy atom. The van der Waals surface area contributed by atoms with Gasteiger partial charge in [0.05, 0.1) is 0 Å². The normalized spacial score (nSPS) is 17.8. The molecule has 0 aromatic rings. The number of carbonyl (C=O) groups is 2. The van der Waals surface area contributed by atoms with Crippen molar-refractivity contribution in [1.29, 1.82) is 0 Å². The van der Waals surface area contributed by atoms with Crippen LogP contribution in [0, 0.1) is 0 Å². The first-order valence-electron chi connectivity index (χ1n) is 6.72. The van der Waals surface area contributed by atoms with Crippen LogP contribution in [-0.4, -0.2) is 53.3 Å². The zero-order valence-corrected chi connectivity index (χ0v) is 13.2. The number of halogens is 1. The number of nitrogens with zero attached hydrogens (tertiary/aromatic N) is 1. The van der Waals surface area contributed by atoms with Crippen molar-refractivity contribution in [2.24, 2.45) is 0 Å². The number of piperidine rings is 1. The van der Waals surface area contributed by atoms with E-state index in [4.69, 9.17) is 9.84 Å². The van der Waals surface area contributed by atoms with Gasteiger partial charge in [0.15, 0.2) is 0 Å². The van der Waals surface area contributed by atoms with Crippen molar-refractivity contribution in [3.8, 4) is 0 Å². The first-order valence-corrected chi connectivity index (χ1v) is 6.72. The molecule has 1 fully saturated rings. The Balaban J connectivity index is 0.00000361. The topological polar surface area (TPSA) is 78.9 Å². The molecule has 0 aliphatic carbocycles. The minimum absolute atomic E-state index is 0. The number of likely N-dealkylation sites (tertiary alicyclic amines) is 1. The number of amides is 1. The van der Waals surface area contributed by atoms with Gasteiger partial charge < -0.3 is 20.1 Å². The van der Waals surface area contributed by atoms with Crippen LogP contribution in [0.4, 0.5) is 4.79 Å². The Kier molecular flexibility index (Phi) is 7.90. The second-order valence-corrected chi connectivity index (χ2v) is 5.90. The fraction of sp³-hybridized carbons (Fsp3) is 0.846. The maximum Gasteiger partial charge on any atom is 0.408 e. The number of carbonyl (C=O) groups excluding carboxylic acids is 1. The molecule has 0 radical (unpaired) electrons. The van der Waals surface area contributed by atoms with Gasteiger partial charge >= 0.3 is 12.1 Å². The van der Waals surface area contributed by atoms with Gasteiger partial charge in [-0.2, -0.15) is 0 Å². The average Bonchev–Trinajstić information content (AvgIpc) is 2.26. The molecule has 1 atom stereocenters. The smallest absolute Gasteiger partial charge is 0.408 e. The number of carboxylic acids is 1. The monoisotopic (exact) mass is 308 g/mol. The third kappa shape index (κ3) is 7.55. The number of alkyl carbamates (subject to hydrolysis) is 1. The molecule has 1 rings (SSSR count). The lowest BCUT2D eigenvalue weighted by Crippen LogP contribution is -2.50. The summed E-state index contributed by atoms with van der Waals surface area (Å²) in [7, 11) is 0. The van der Waals surface area contributed by atoms with Gasteiger partial charge in [0, 0.05) is 6.54 Å². The fourth-order valence-electron chi connectivity index (χ4n) is 2.04. The SMILES string of the molecule is CC(C)(C)OC(=O)NC(CN1CCCCC1)C(=O)O.Cl. The predicted molar refractivity (Wildman–Crippen MR) is 78.3 cm³/mol. The number of nitrogens with one attached hydrogen (secondary N) is 1. The molecule has 118 valence electrons. The zero-order valence-electron chi connectivity index (χ0n) is 12.3. The van der Waals surface area contributed by atoms with Gasteiger partial charge in [0.2, 0.25) is 0 Å². The molecule has 7 heteroatoms. The van der Waals surface area contributed by atoms with Crippen LogP contribution in [0.1, 0.15) is 40.0 Å². The number of hydrogen-bond acceptors (Lipinski definition) is 4. The van der Waals surface area contributed by atoms with Crippen LogP contribution in [0.15, 0.2) is 0 Å². The summed E-state index contributed by atoms with van der Waals surface area (Å²) in [6.45, 7) is 7.33. The molecule has 6 nitrogen and oxygen atoms in total. The molecule has 0 aromatic heterocycles. The van der Waals surface area contributed by atoms with Crippen LogP contribution in [0.25, 0.3) is 0 Å². The van der Waals surface area contributed by atoms with E-state index in [-0.39, 0.29) is 12.4 Å². The predicted octanol–water partition coefficient (Wildman–Crippen LogP) is 1.87. The van der Waals surface area contributed by atoms with Gasteiger partial charge in [-0.1, -0.05) is 6.42 Å². The number of rotatable bonds is 4. The van der Waals surface area contributed by atoms with Crippen molar-refractivity contribution in [3.05, 3.63) is 0 Å². The van der Waals surface area contributed by atoms with E-state index < -0.39 is 23.7 Å². The summed E-state index contributed by atoms with van der Waals surface area (Å²) in [5.74, 6) is -1.03. The minimum Gasteiger partial charge on any atom is -0.480 e. The number of aliphatic carboxylic acids is 1. The van der Waals surface area contributed by atoms with Crippen LogP contribution in [0.3, 0.4) is 0 Å². The molecule has 1 aliphatic rings. The lowest BCUT2D eigenvalue weighted by molar-refractivity contribution is -0.140. The van der Waals surface area contributed by atoms with E-state index in [1.165, 1.54) is 6.42 Å². The highest BCUT2D eigenvalue weighted by atomic mass is 35.5. The van der Waals surface area contributed by atoms with Crippen molar-refractivity contribution < 1.29 is 19.4 Å². The van der Waals surface area contributed by atoms with Gasteiger partial charge in [-0.25, -0.2) is 9.59 Å². The summed E-state index contributed by atoms with van der Waals surface area (Å²) >= 11 is 0. The van der Waals surface area contributed by atoms with Crippen molar-refractivity contribution in [2.75, 3.05) is 19.6 Å².